The number of ether oxygens (including phenoxy) is 2. The van der Waals surface area contributed by atoms with Crippen molar-refractivity contribution in [2.75, 3.05) is 20.2 Å². The Hall–Kier alpha value is -3.02. The van der Waals surface area contributed by atoms with Gasteiger partial charge in [0.1, 0.15) is 5.60 Å². The number of hydrogen-bond acceptors (Lipinski definition) is 4. The number of nitrogens with zero attached hydrogens (tertiary/aromatic N) is 2. The summed E-state index contributed by atoms with van der Waals surface area (Å²) in [7, 11) is 1.61. The van der Waals surface area contributed by atoms with Gasteiger partial charge < -0.3 is 19.4 Å². The second-order valence-electron chi connectivity index (χ2n) is 10.2. The number of amides is 1. The van der Waals surface area contributed by atoms with Gasteiger partial charge in [0.25, 0.3) is 0 Å². The number of carbonyl (C=O) groups is 1. The summed E-state index contributed by atoms with van der Waals surface area (Å²) < 4.78 is 10.9. The Morgan fingerprint density at radius 3 is 2.50 bits per heavy atom. The van der Waals surface area contributed by atoms with E-state index in [0.29, 0.717) is 30.8 Å². The van der Waals surface area contributed by atoms with Gasteiger partial charge in [-0.3, -0.25) is 0 Å². The van der Waals surface area contributed by atoms with Crippen molar-refractivity contribution in [1.29, 1.82) is 0 Å². The molecule has 1 saturated heterocycles. The van der Waals surface area contributed by atoms with Crippen LogP contribution in [0.1, 0.15) is 83.0 Å². The number of likely N-dealkylation sites (tertiary alicyclic amines) is 1. The fourth-order valence-corrected chi connectivity index (χ4v) is 4.56. The molecule has 2 heterocycles. The summed E-state index contributed by atoms with van der Waals surface area (Å²) in [6.45, 7) is 17.7. The second-order valence-corrected chi connectivity index (χ2v) is 10.2. The molecular weight excluding hydrogens is 426 g/mol. The largest absolute Gasteiger partial charge is 0.481 e. The molecule has 1 amide bonds. The van der Waals surface area contributed by atoms with Crippen molar-refractivity contribution in [3.63, 3.8) is 0 Å². The number of allylic oxidation sites excluding steroid dienone is 2. The van der Waals surface area contributed by atoms with Gasteiger partial charge in [-0.2, -0.15) is 0 Å². The molecule has 1 aliphatic heterocycles. The molecule has 1 aromatic heterocycles. The van der Waals surface area contributed by atoms with Crippen molar-refractivity contribution in [3.8, 4) is 0 Å². The van der Waals surface area contributed by atoms with Gasteiger partial charge in [0, 0.05) is 42.0 Å². The first-order valence-electron chi connectivity index (χ1n) is 12.1. The zero-order valence-electron chi connectivity index (χ0n) is 21.7. The molecule has 0 aliphatic carbocycles. The molecule has 0 saturated carbocycles. The van der Waals surface area contributed by atoms with Crippen molar-refractivity contribution in [3.05, 3.63) is 53.6 Å². The highest BCUT2D eigenvalue weighted by molar-refractivity contribution is 5.91. The van der Waals surface area contributed by atoms with Crippen LogP contribution in [-0.2, 0) is 9.47 Å². The third-order valence-electron chi connectivity index (χ3n) is 6.14. The summed E-state index contributed by atoms with van der Waals surface area (Å²) in [5.41, 5.74) is 5.06. The van der Waals surface area contributed by atoms with Crippen LogP contribution in [0.3, 0.4) is 0 Å². The van der Waals surface area contributed by atoms with Gasteiger partial charge in [-0.05, 0) is 81.2 Å². The monoisotopic (exact) mass is 465 g/mol. The van der Waals surface area contributed by atoms with Gasteiger partial charge >= 0.3 is 6.09 Å². The van der Waals surface area contributed by atoms with Crippen LogP contribution in [0.25, 0.3) is 16.5 Å². The predicted octanol–water partition coefficient (Wildman–Crippen LogP) is 7.00. The van der Waals surface area contributed by atoms with Gasteiger partial charge in [-0.25, -0.2) is 9.79 Å². The molecule has 1 aromatic carbocycles. The van der Waals surface area contributed by atoms with Crippen LogP contribution in [0.5, 0.6) is 0 Å². The first kappa shape index (κ1) is 25.6. The Morgan fingerprint density at radius 1 is 1.26 bits per heavy atom. The van der Waals surface area contributed by atoms with E-state index in [4.69, 9.17) is 9.47 Å². The molecule has 2 aromatic rings. The number of benzene rings is 1. The Morgan fingerprint density at radius 2 is 1.94 bits per heavy atom. The van der Waals surface area contributed by atoms with Crippen LogP contribution >= 0.6 is 0 Å². The number of H-pyrrole nitrogens is 1. The van der Waals surface area contributed by atoms with Crippen molar-refractivity contribution in [1.82, 2.24) is 9.88 Å². The van der Waals surface area contributed by atoms with Crippen molar-refractivity contribution >= 4 is 28.8 Å². The first-order chi connectivity index (χ1) is 16.0. The van der Waals surface area contributed by atoms with Crippen molar-refractivity contribution in [2.45, 2.75) is 71.8 Å². The van der Waals surface area contributed by atoms with Crippen LogP contribution in [-0.4, -0.2) is 48.0 Å². The molecule has 1 fully saturated rings. The van der Waals surface area contributed by atoms with Crippen LogP contribution < -0.4 is 0 Å². The number of rotatable bonds is 6. The lowest BCUT2D eigenvalue weighted by Crippen LogP contribution is -2.41. The van der Waals surface area contributed by atoms with E-state index >= 15 is 0 Å². The molecule has 0 atom stereocenters. The molecule has 34 heavy (non-hydrogen) atoms. The molecule has 1 N–H and O–H groups in total. The molecule has 3 rings (SSSR count). The molecule has 6 nitrogen and oxygen atoms in total. The summed E-state index contributed by atoms with van der Waals surface area (Å²) in [6, 6.07) is 6.69. The van der Waals surface area contributed by atoms with E-state index in [1.807, 2.05) is 38.7 Å². The summed E-state index contributed by atoms with van der Waals surface area (Å²) in [5.74, 6) is 1.26. The Balaban J connectivity index is 1.85. The molecule has 0 radical (unpaired) electrons. The standard InChI is InChI=1S/C28H39N3O3/c1-9-29-24(33-8)16-19(4)26-25(18(2)3)22-17-21(10-11-23(22)30-26)20-12-14-31(15-13-20)27(32)34-28(5,6)7/h9-11,16-18,20,30H,4,12-15H2,1-3,5-8H3/b24-16+,29-9-. The molecule has 6 heteroatoms. The van der Waals surface area contributed by atoms with E-state index in [9.17, 15) is 4.79 Å². The minimum atomic E-state index is -0.468. The van der Waals surface area contributed by atoms with E-state index in [0.717, 1.165) is 29.6 Å². The molecule has 0 unspecified atom stereocenters. The summed E-state index contributed by atoms with van der Waals surface area (Å²) >= 11 is 0. The van der Waals surface area contributed by atoms with Gasteiger partial charge in [-0.1, -0.05) is 26.5 Å². The Kier molecular flexibility index (Phi) is 7.90. The van der Waals surface area contributed by atoms with Crippen LogP contribution in [0.15, 0.2) is 41.7 Å². The number of methoxy groups -OCH3 is 1. The number of aromatic amines is 1. The van der Waals surface area contributed by atoms with E-state index in [2.05, 4.69) is 48.6 Å². The van der Waals surface area contributed by atoms with Crippen molar-refractivity contribution in [2.24, 2.45) is 4.99 Å². The molecule has 184 valence electrons. The lowest BCUT2D eigenvalue weighted by atomic mass is 9.87. The number of hydrogen-bond donors (Lipinski definition) is 1. The second kappa shape index (κ2) is 10.5. The SMILES string of the molecule is C=C(/C=C(\N=C/C)OC)c1[nH]c2ccc(C3CCN(C(=O)OC(C)(C)C)CC3)cc2c1C(C)C. The fourth-order valence-electron chi connectivity index (χ4n) is 4.56. The van der Waals surface area contributed by atoms with Gasteiger partial charge in [0.05, 0.1) is 7.11 Å². The Labute approximate surface area is 203 Å². The molecule has 0 bridgehead atoms. The smallest absolute Gasteiger partial charge is 0.410 e. The quantitative estimate of drug-likeness (QED) is 0.284. The van der Waals surface area contributed by atoms with Crippen LogP contribution in [0.2, 0.25) is 0 Å². The predicted molar refractivity (Wildman–Crippen MR) is 140 cm³/mol. The van der Waals surface area contributed by atoms with E-state index in [1.54, 1.807) is 13.3 Å². The van der Waals surface area contributed by atoms with Crippen LogP contribution in [0, 0.1) is 0 Å². The average molecular weight is 466 g/mol. The van der Waals surface area contributed by atoms with Gasteiger partial charge in [0.2, 0.25) is 5.88 Å². The number of nitrogens with one attached hydrogen (secondary N) is 1. The summed E-state index contributed by atoms with van der Waals surface area (Å²) in [5, 5.41) is 1.23. The maximum absolute atomic E-state index is 12.4. The Bertz CT molecular complexity index is 1090. The number of fused-ring (bicyclic) bond motifs is 1. The maximum Gasteiger partial charge on any atom is 0.410 e. The van der Waals surface area contributed by atoms with Gasteiger partial charge in [-0.15, -0.1) is 0 Å². The average Bonchev–Trinajstić information content (AvgIpc) is 3.17. The molecule has 1 aliphatic rings. The zero-order valence-corrected chi connectivity index (χ0v) is 21.7. The number of aliphatic imine (C=N–C) groups is 1. The third-order valence-corrected chi connectivity index (χ3v) is 6.14. The lowest BCUT2D eigenvalue weighted by molar-refractivity contribution is 0.0205. The maximum atomic E-state index is 12.4. The molecular formula is C28H39N3O3. The molecule has 0 spiro atoms. The van der Waals surface area contributed by atoms with Crippen molar-refractivity contribution < 1.29 is 14.3 Å². The van der Waals surface area contributed by atoms with Crippen LogP contribution in [0.4, 0.5) is 4.79 Å². The fraction of sp³-hybridized carbons (Fsp3) is 0.500. The highest BCUT2D eigenvalue weighted by atomic mass is 16.6. The number of piperidine rings is 1. The van der Waals surface area contributed by atoms with E-state index in [-0.39, 0.29) is 6.09 Å². The third kappa shape index (κ3) is 5.91. The number of aromatic nitrogens is 1. The van der Waals surface area contributed by atoms with Gasteiger partial charge in [0.15, 0.2) is 0 Å². The first-order valence-corrected chi connectivity index (χ1v) is 12.1. The summed E-state index contributed by atoms with van der Waals surface area (Å²) in [4.78, 5) is 22.1. The number of carbonyl (C=O) groups excluding carboxylic acids is 1. The lowest BCUT2D eigenvalue weighted by Gasteiger charge is -2.33. The normalized spacial score (nSPS) is 16.0. The highest BCUT2D eigenvalue weighted by Crippen LogP contribution is 2.37. The van der Waals surface area contributed by atoms with E-state index in [1.165, 1.54) is 16.5 Å². The van der Waals surface area contributed by atoms with E-state index < -0.39 is 5.60 Å². The minimum Gasteiger partial charge on any atom is -0.481 e. The zero-order chi connectivity index (χ0) is 25.0. The highest BCUT2D eigenvalue weighted by Gasteiger charge is 2.28. The topological polar surface area (TPSA) is 66.9 Å². The summed E-state index contributed by atoms with van der Waals surface area (Å²) in [6.07, 6.45) is 5.22. The minimum absolute atomic E-state index is 0.215.